The van der Waals surface area contributed by atoms with E-state index in [0.29, 0.717) is 17.5 Å². The third-order valence-corrected chi connectivity index (χ3v) is 16.3. The van der Waals surface area contributed by atoms with Crippen LogP contribution in [-0.2, 0) is 0 Å². The summed E-state index contributed by atoms with van der Waals surface area (Å²) in [6.07, 6.45) is 1.25. The normalized spacial score (nSPS) is 11.7. The lowest BCUT2D eigenvalue weighted by Gasteiger charge is -2.14. The van der Waals surface area contributed by atoms with Crippen LogP contribution in [0.25, 0.3) is 154 Å². The van der Waals surface area contributed by atoms with E-state index in [4.69, 9.17) is 19.4 Å². The van der Waals surface area contributed by atoms with E-state index < -0.39 is 0 Å². The summed E-state index contributed by atoms with van der Waals surface area (Å²) >= 11 is 1.85. The van der Waals surface area contributed by atoms with Crippen molar-refractivity contribution in [3.05, 3.63) is 249 Å². The van der Waals surface area contributed by atoms with Gasteiger partial charge in [0.25, 0.3) is 0 Å². The Morgan fingerprint density at radius 1 is 0.329 bits per heavy atom. The van der Waals surface area contributed by atoms with Gasteiger partial charge < -0.3 is 13.6 Å². The largest absolute Gasteiger partial charge is 0.456 e. The lowest BCUT2D eigenvalue weighted by atomic mass is 9.97. The maximum Gasteiger partial charge on any atom is 0.164 e. The van der Waals surface area contributed by atoms with Crippen molar-refractivity contribution in [1.29, 1.82) is 0 Å². The topological polar surface area (TPSA) is 61.7 Å². The molecule has 0 N–H and O–H groups in total. The molecule has 0 aliphatic carbocycles. The van der Waals surface area contributed by atoms with Crippen molar-refractivity contribution in [3.8, 4) is 67.8 Å². The molecule has 0 saturated carbocycles. The zero-order chi connectivity index (χ0) is 52.6. The van der Waals surface area contributed by atoms with E-state index in [9.17, 15) is 0 Å². The lowest BCUT2D eigenvalue weighted by molar-refractivity contribution is 0.669. The second kappa shape index (κ2) is 19.0. The first kappa shape index (κ1) is 46.4. The first-order chi connectivity index (χ1) is 39.1. The van der Waals surface area contributed by atoms with Gasteiger partial charge in [-0.3, -0.25) is 0 Å². The lowest BCUT2D eigenvalue weighted by Crippen LogP contribution is -2.01. The summed E-state index contributed by atoms with van der Waals surface area (Å²) in [5, 5.41) is 9.52. The third-order valence-electron chi connectivity index (χ3n) is 15.2. The predicted octanol–water partition coefficient (Wildman–Crippen LogP) is 20.1. The highest BCUT2D eigenvalue weighted by Gasteiger charge is 2.22. The van der Waals surface area contributed by atoms with Gasteiger partial charge in [-0.2, -0.15) is 0 Å². The number of nitrogens with zero attached hydrogens (tertiary/aromatic N) is 5. The minimum absolute atomic E-state index is 0.569. The van der Waals surface area contributed by atoms with Gasteiger partial charge in [-0.1, -0.05) is 190 Å². The van der Waals surface area contributed by atoms with Gasteiger partial charge in [0, 0.05) is 86.1 Å². The second-order valence-corrected chi connectivity index (χ2v) is 21.3. The molecule has 0 radical (unpaired) electrons. The Bertz CT molecular complexity index is 4990. The molecular formula is C72H49N5OS. The number of hydrogen-bond acceptors (Lipinski definition) is 5. The van der Waals surface area contributed by atoms with E-state index in [1.54, 1.807) is 0 Å². The average molecular weight is 1030 g/mol. The summed E-state index contributed by atoms with van der Waals surface area (Å²) in [6.45, 7) is 4.25. The molecule has 0 aliphatic rings. The minimum atomic E-state index is 0.569. The van der Waals surface area contributed by atoms with Crippen LogP contribution in [-0.4, -0.2) is 24.1 Å². The first-order valence-electron chi connectivity index (χ1n) is 27.0. The molecule has 7 heteroatoms. The molecule has 5 aromatic heterocycles. The van der Waals surface area contributed by atoms with E-state index in [1.807, 2.05) is 65.9 Å². The number of rotatable bonds is 7. The molecule has 6 nitrogen and oxygen atoms in total. The zero-order valence-electron chi connectivity index (χ0n) is 43.4. The number of aromatic nitrogens is 5. The van der Waals surface area contributed by atoms with Crippen LogP contribution in [0.4, 0.5) is 0 Å². The number of fused-ring (bicyclic) bond motifs is 12. The zero-order valence-corrected chi connectivity index (χ0v) is 44.2. The number of furan rings is 1. The fraction of sp³-hybridized carbons (Fsp3) is 0.0417. The molecule has 16 aromatic rings. The van der Waals surface area contributed by atoms with Gasteiger partial charge in [-0.05, 0) is 95.6 Å². The summed E-state index contributed by atoms with van der Waals surface area (Å²) in [4.78, 5) is 15.6. The molecule has 79 heavy (non-hydrogen) atoms. The Hall–Kier alpha value is -9.95. The molecule has 0 amide bonds. The fourth-order valence-corrected chi connectivity index (χ4v) is 12.8. The Morgan fingerprint density at radius 2 is 0.861 bits per heavy atom. The van der Waals surface area contributed by atoms with Crippen LogP contribution in [0.15, 0.2) is 253 Å². The van der Waals surface area contributed by atoms with Gasteiger partial charge in [-0.25, -0.2) is 15.0 Å². The standard InChI is InChI=1S/C69H41N5OS.C3H8/c1-2-15-42(16-3-1)67-70-68(72-69(71-67)47-32-34-54-53-23-6-10-29-62(53)75-63(54)39-47)46-19-13-20-48(38-46)74-61-36-33-49(73-59-27-8-4-21-51(59)52-22-5-9-28-60(52)73)41-58(61)57-26-14-25-50(66(57)74)45-18-12-17-43(37-45)44-31-35-56-55-24-7-11-30-64(55)76-65(56)40-44;1-3-2/h1-41H;3H2,1-2H3. The van der Waals surface area contributed by atoms with Gasteiger partial charge in [0.05, 0.1) is 22.1 Å². The smallest absolute Gasteiger partial charge is 0.164 e. The van der Waals surface area contributed by atoms with E-state index in [-0.39, 0.29) is 0 Å². The first-order valence-corrected chi connectivity index (χ1v) is 27.8. The van der Waals surface area contributed by atoms with Crippen LogP contribution in [0.2, 0.25) is 0 Å². The second-order valence-electron chi connectivity index (χ2n) is 20.2. The molecule has 0 atom stereocenters. The van der Waals surface area contributed by atoms with Crippen LogP contribution in [0.5, 0.6) is 0 Å². The van der Waals surface area contributed by atoms with Crippen LogP contribution in [0.3, 0.4) is 0 Å². The van der Waals surface area contributed by atoms with Crippen molar-refractivity contribution >= 4 is 97.1 Å². The summed E-state index contributed by atoms with van der Waals surface area (Å²) in [7, 11) is 0. The van der Waals surface area contributed by atoms with Crippen molar-refractivity contribution < 1.29 is 4.42 Å². The Kier molecular flexibility index (Phi) is 11.1. The summed E-state index contributed by atoms with van der Waals surface area (Å²) in [6, 6.07) is 88.9. The maximum absolute atomic E-state index is 6.36. The molecule has 374 valence electrons. The van der Waals surface area contributed by atoms with Gasteiger partial charge >= 0.3 is 0 Å². The van der Waals surface area contributed by atoms with Crippen LogP contribution < -0.4 is 0 Å². The molecule has 0 spiro atoms. The molecule has 0 aliphatic heterocycles. The van der Waals surface area contributed by atoms with E-state index in [2.05, 4.69) is 217 Å². The van der Waals surface area contributed by atoms with Crippen molar-refractivity contribution in [1.82, 2.24) is 24.1 Å². The van der Waals surface area contributed by atoms with Gasteiger partial charge in [0.15, 0.2) is 17.5 Å². The van der Waals surface area contributed by atoms with E-state index in [1.165, 1.54) is 59.5 Å². The monoisotopic (exact) mass is 1030 g/mol. The number of benzene rings is 11. The van der Waals surface area contributed by atoms with Crippen LogP contribution in [0, 0.1) is 0 Å². The molecule has 0 fully saturated rings. The van der Waals surface area contributed by atoms with E-state index in [0.717, 1.165) is 82.9 Å². The Labute approximate surface area is 459 Å². The molecule has 5 heterocycles. The van der Waals surface area contributed by atoms with Gasteiger partial charge in [0.2, 0.25) is 0 Å². The van der Waals surface area contributed by atoms with E-state index >= 15 is 0 Å². The predicted molar refractivity (Wildman–Crippen MR) is 332 cm³/mol. The Morgan fingerprint density at radius 3 is 1.66 bits per heavy atom. The average Bonchev–Trinajstić information content (AvgIpc) is 4.42. The SMILES string of the molecule is CCC.c1ccc(-c2nc(-c3cccc(-n4c5ccc(-n6c7ccccc7c7ccccc76)cc5c5cccc(-c6cccc(-c7ccc8c(c7)sc7ccccc78)c6)c54)c3)nc(-c3ccc4c(c3)oc3ccccc34)n2)cc1. The molecule has 0 unspecified atom stereocenters. The molecule has 0 bridgehead atoms. The van der Waals surface area contributed by atoms with Gasteiger partial charge in [0.1, 0.15) is 11.2 Å². The highest BCUT2D eigenvalue weighted by Crippen LogP contribution is 2.43. The van der Waals surface area contributed by atoms with Crippen LogP contribution in [0.1, 0.15) is 20.3 Å². The van der Waals surface area contributed by atoms with Crippen molar-refractivity contribution in [2.24, 2.45) is 0 Å². The minimum Gasteiger partial charge on any atom is -0.456 e. The molecule has 16 rings (SSSR count). The van der Waals surface area contributed by atoms with Crippen molar-refractivity contribution in [3.63, 3.8) is 0 Å². The number of thiophene rings is 1. The van der Waals surface area contributed by atoms with Crippen molar-refractivity contribution in [2.75, 3.05) is 0 Å². The molecule has 11 aromatic carbocycles. The fourth-order valence-electron chi connectivity index (χ4n) is 11.7. The number of para-hydroxylation sites is 4. The Balaban J connectivity index is 0.00000176. The molecular weight excluding hydrogens is 983 g/mol. The quantitative estimate of drug-likeness (QED) is 0.160. The summed E-state index contributed by atoms with van der Waals surface area (Å²) in [5.41, 5.74) is 15.6. The van der Waals surface area contributed by atoms with Crippen LogP contribution >= 0.6 is 11.3 Å². The summed E-state index contributed by atoms with van der Waals surface area (Å²) in [5.74, 6) is 1.74. The maximum atomic E-state index is 6.36. The third kappa shape index (κ3) is 7.80. The summed E-state index contributed by atoms with van der Waals surface area (Å²) < 4.78 is 13.8. The van der Waals surface area contributed by atoms with Gasteiger partial charge in [-0.15, -0.1) is 11.3 Å². The highest BCUT2D eigenvalue weighted by molar-refractivity contribution is 7.25. The number of hydrogen-bond donors (Lipinski definition) is 0. The molecule has 0 saturated heterocycles. The highest BCUT2D eigenvalue weighted by atomic mass is 32.1. The van der Waals surface area contributed by atoms with Crippen molar-refractivity contribution in [2.45, 2.75) is 20.3 Å².